The van der Waals surface area contributed by atoms with Gasteiger partial charge in [-0.2, -0.15) is 0 Å². The summed E-state index contributed by atoms with van der Waals surface area (Å²) >= 11 is 5.67. The number of primary amides is 1. The lowest BCUT2D eigenvalue weighted by molar-refractivity contribution is -0.118. The Bertz CT molecular complexity index is 625. The van der Waals surface area contributed by atoms with Crippen LogP contribution in [0.1, 0.15) is 19.4 Å². The van der Waals surface area contributed by atoms with Crippen molar-refractivity contribution >= 4 is 34.5 Å². The van der Waals surface area contributed by atoms with Gasteiger partial charge < -0.3 is 16.0 Å². The lowest BCUT2D eigenvalue weighted by Gasteiger charge is -2.14. The predicted octanol–water partition coefficient (Wildman–Crippen LogP) is 1.85. The first-order valence-corrected chi connectivity index (χ1v) is 5.68. The average molecular weight is 271 g/mol. The van der Waals surface area contributed by atoms with Gasteiger partial charge in [0.1, 0.15) is 5.82 Å². The Labute approximate surface area is 108 Å². The van der Waals surface area contributed by atoms with E-state index in [0.29, 0.717) is 11.0 Å². The zero-order chi connectivity index (χ0) is 13.4. The largest absolute Gasteiger partial charge is 0.370 e. The highest BCUT2D eigenvalue weighted by molar-refractivity contribution is 6.31. The van der Waals surface area contributed by atoms with Crippen LogP contribution >= 0.6 is 11.6 Å². The molecule has 1 atom stereocenters. The summed E-state index contributed by atoms with van der Waals surface area (Å²) < 4.78 is 15.0. The van der Waals surface area contributed by atoms with E-state index in [9.17, 15) is 9.18 Å². The summed E-state index contributed by atoms with van der Waals surface area (Å²) in [6.07, 6.45) is 0.0971. The van der Waals surface area contributed by atoms with Crippen LogP contribution in [0.15, 0.2) is 12.1 Å². The van der Waals surface area contributed by atoms with Crippen molar-refractivity contribution in [3.63, 3.8) is 0 Å². The van der Waals surface area contributed by atoms with Crippen LogP contribution in [-0.2, 0) is 4.79 Å². The fraction of sp³-hybridized carbons (Fsp3) is 0.273. The number of benzene rings is 1. The van der Waals surface area contributed by atoms with Crippen LogP contribution in [0.5, 0.6) is 0 Å². The van der Waals surface area contributed by atoms with Crippen molar-refractivity contribution in [3.8, 4) is 0 Å². The summed E-state index contributed by atoms with van der Waals surface area (Å²) in [7, 11) is 0. The molecule has 0 bridgehead atoms. The number of imidazole rings is 1. The van der Waals surface area contributed by atoms with Crippen LogP contribution in [0.25, 0.3) is 11.0 Å². The van der Waals surface area contributed by atoms with E-state index >= 15 is 0 Å². The summed E-state index contributed by atoms with van der Waals surface area (Å²) in [4.78, 5) is 15.0. The molecule has 18 heavy (non-hydrogen) atoms. The molecule has 1 unspecified atom stereocenters. The highest BCUT2D eigenvalue weighted by Gasteiger charge is 2.17. The van der Waals surface area contributed by atoms with Gasteiger partial charge in [-0.25, -0.2) is 9.37 Å². The molecule has 7 heteroatoms. The summed E-state index contributed by atoms with van der Waals surface area (Å²) in [6, 6.07) is 2.35. The van der Waals surface area contributed by atoms with Gasteiger partial charge in [0.05, 0.1) is 16.1 Å². The fourth-order valence-electron chi connectivity index (χ4n) is 1.95. The molecule has 0 aliphatic rings. The van der Waals surface area contributed by atoms with Crippen LogP contribution in [0.4, 0.5) is 10.3 Å². The van der Waals surface area contributed by atoms with Crippen molar-refractivity contribution in [2.75, 3.05) is 5.73 Å². The Kier molecular flexibility index (Phi) is 3.13. The van der Waals surface area contributed by atoms with Gasteiger partial charge in [-0.3, -0.25) is 4.79 Å². The van der Waals surface area contributed by atoms with Gasteiger partial charge in [0.15, 0.2) is 0 Å². The molecule has 1 heterocycles. The molecular formula is C11H12ClFN4O. The molecule has 0 spiro atoms. The Morgan fingerprint density at radius 1 is 1.61 bits per heavy atom. The normalized spacial score (nSPS) is 12.8. The van der Waals surface area contributed by atoms with E-state index in [2.05, 4.69) is 4.98 Å². The van der Waals surface area contributed by atoms with Crippen LogP contribution in [0.2, 0.25) is 5.02 Å². The van der Waals surface area contributed by atoms with Gasteiger partial charge in [-0.1, -0.05) is 11.6 Å². The number of hydrogen-bond acceptors (Lipinski definition) is 3. The number of halogens is 2. The molecule has 0 saturated heterocycles. The second-order valence-corrected chi connectivity index (χ2v) is 4.52. The first kappa shape index (κ1) is 12.6. The van der Waals surface area contributed by atoms with Crippen molar-refractivity contribution in [2.45, 2.75) is 19.4 Å². The van der Waals surface area contributed by atoms with Gasteiger partial charge in [-0.05, 0) is 13.0 Å². The number of nitrogen functional groups attached to an aromatic ring is 1. The number of hydrogen-bond donors (Lipinski definition) is 2. The van der Waals surface area contributed by atoms with Gasteiger partial charge >= 0.3 is 0 Å². The SMILES string of the molecule is CC(CC(N)=O)n1c(N)nc2cc(Cl)c(F)cc21. The van der Waals surface area contributed by atoms with Gasteiger partial charge in [0.25, 0.3) is 0 Å². The molecule has 1 amide bonds. The number of rotatable bonds is 3. The standard InChI is InChI=1S/C11H12ClFN4O/c1-5(2-10(14)18)17-9-4-7(13)6(12)3-8(9)16-11(17)15/h3-5H,2H2,1H3,(H2,14,18)(H2,15,16). The molecule has 5 nitrogen and oxygen atoms in total. The number of amides is 1. The maximum absolute atomic E-state index is 13.5. The number of nitrogens with zero attached hydrogens (tertiary/aromatic N) is 2. The highest BCUT2D eigenvalue weighted by atomic mass is 35.5. The molecule has 96 valence electrons. The van der Waals surface area contributed by atoms with E-state index in [1.165, 1.54) is 12.1 Å². The Morgan fingerprint density at radius 2 is 2.28 bits per heavy atom. The topological polar surface area (TPSA) is 86.9 Å². The van der Waals surface area contributed by atoms with E-state index in [1.807, 2.05) is 0 Å². The molecule has 0 saturated carbocycles. The summed E-state index contributed by atoms with van der Waals surface area (Å²) in [5.74, 6) is -0.824. The molecule has 1 aromatic heterocycles. The van der Waals surface area contributed by atoms with Crippen molar-refractivity contribution in [3.05, 3.63) is 23.0 Å². The molecule has 0 aliphatic carbocycles. The van der Waals surface area contributed by atoms with E-state index in [1.54, 1.807) is 11.5 Å². The first-order chi connectivity index (χ1) is 8.40. The molecular weight excluding hydrogens is 259 g/mol. The molecule has 4 N–H and O–H groups in total. The number of fused-ring (bicyclic) bond motifs is 1. The number of nitrogens with two attached hydrogens (primary N) is 2. The maximum Gasteiger partial charge on any atom is 0.219 e. The van der Waals surface area contributed by atoms with Gasteiger partial charge in [0, 0.05) is 18.5 Å². The number of carbonyl (C=O) groups excluding carboxylic acids is 1. The van der Waals surface area contributed by atoms with Gasteiger partial charge in [-0.15, -0.1) is 0 Å². The number of anilines is 1. The predicted molar refractivity (Wildman–Crippen MR) is 67.6 cm³/mol. The molecule has 0 fully saturated rings. The second-order valence-electron chi connectivity index (χ2n) is 4.11. The van der Waals surface area contributed by atoms with Crippen LogP contribution in [0.3, 0.4) is 0 Å². The summed E-state index contributed by atoms with van der Waals surface area (Å²) in [6.45, 7) is 1.76. The summed E-state index contributed by atoms with van der Waals surface area (Å²) in [5, 5.41) is -0.0188. The third-order valence-electron chi connectivity index (χ3n) is 2.70. The van der Waals surface area contributed by atoms with Crippen molar-refractivity contribution in [1.29, 1.82) is 0 Å². The average Bonchev–Trinajstić information content (AvgIpc) is 2.53. The van der Waals surface area contributed by atoms with E-state index in [-0.39, 0.29) is 23.4 Å². The van der Waals surface area contributed by atoms with Crippen molar-refractivity contribution in [1.82, 2.24) is 9.55 Å². The number of aromatic nitrogens is 2. The quantitative estimate of drug-likeness (QED) is 0.892. The third kappa shape index (κ3) is 2.11. The first-order valence-electron chi connectivity index (χ1n) is 5.31. The smallest absolute Gasteiger partial charge is 0.219 e. The zero-order valence-electron chi connectivity index (χ0n) is 9.65. The van der Waals surface area contributed by atoms with Crippen molar-refractivity contribution in [2.24, 2.45) is 5.73 Å². The van der Waals surface area contributed by atoms with E-state index in [0.717, 1.165) is 0 Å². The van der Waals surface area contributed by atoms with Crippen LogP contribution < -0.4 is 11.5 Å². The van der Waals surface area contributed by atoms with E-state index < -0.39 is 11.7 Å². The Hall–Kier alpha value is -1.82. The van der Waals surface area contributed by atoms with Gasteiger partial charge in [0.2, 0.25) is 11.9 Å². The monoisotopic (exact) mass is 270 g/mol. The van der Waals surface area contributed by atoms with Crippen LogP contribution in [-0.4, -0.2) is 15.5 Å². The minimum atomic E-state index is -0.559. The maximum atomic E-state index is 13.5. The third-order valence-corrected chi connectivity index (χ3v) is 2.99. The molecule has 1 aromatic carbocycles. The molecule has 2 rings (SSSR count). The van der Waals surface area contributed by atoms with Crippen molar-refractivity contribution < 1.29 is 9.18 Å². The molecule has 0 aliphatic heterocycles. The minimum Gasteiger partial charge on any atom is -0.370 e. The summed E-state index contributed by atoms with van der Waals surface area (Å²) in [5.41, 5.74) is 11.9. The second kappa shape index (κ2) is 4.45. The van der Waals surface area contributed by atoms with E-state index in [4.69, 9.17) is 23.1 Å². The lowest BCUT2D eigenvalue weighted by Crippen LogP contribution is -2.18. The zero-order valence-corrected chi connectivity index (χ0v) is 10.4. The molecule has 0 radical (unpaired) electrons. The number of carbonyl (C=O) groups is 1. The molecule has 2 aromatic rings. The lowest BCUT2D eigenvalue weighted by atomic mass is 10.2. The minimum absolute atomic E-state index is 0.0188. The Morgan fingerprint density at radius 3 is 2.89 bits per heavy atom. The highest BCUT2D eigenvalue weighted by Crippen LogP contribution is 2.28. The fourth-order valence-corrected chi connectivity index (χ4v) is 2.11. The Balaban J connectivity index is 2.59. The van der Waals surface area contributed by atoms with Crippen LogP contribution in [0, 0.1) is 5.82 Å².